The summed E-state index contributed by atoms with van der Waals surface area (Å²) in [5.74, 6) is -1.48. The summed E-state index contributed by atoms with van der Waals surface area (Å²) in [7, 11) is 0. The summed E-state index contributed by atoms with van der Waals surface area (Å²) in [6, 6.07) is 9.88. The second kappa shape index (κ2) is 8.22. The number of thioether (sulfide) groups is 1. The van der Waals surface area contributed by atoms with Crippen LogP contribution >= 0.6 is 11.8 Å². The number of hydrogen-bond donors (Lipinski definition) is 1. The molecule has 0 aliphatic rings. The summed E-state index contributed by atoms with van der Waals surface area (Å²) >= 11 is 1.26. The fourth-order valence-corrected chi connectivity index (χ4v) is 3.35. The summed E-state index contributed by atoms with van der Waals surface area (Å²) < 4.78 is 36.4. The van der Waals surface area contributed by atoms with Crippen LogP contribution in [0.3, 0.4) is 0 Å². The van der Waals surface area contributed by atoms with Gasteiger partial charge in [-0.05, 0) is 42.8 Å². The van der Waals surface area contributed by atoms with Crippen LogP contribution < -0.4 is 10.9 Å². The Labute approximate surface area is 157 Å². The maximum atomic E-state index is 13.3. The third kappa shape index (κ3) is 4.65. The van der Waals surface area contributed by atoms with E-state index >= 15 is 0 Å². The van der Waals surface area contributed by atoms with Crippen LogP contribution in [-0.2, 0) is 10.5 Å². The molecule has 8 heteroatoms. The van der Waals surface area contributed by atoms with Gasteiger partial charge in [0.15, 0.2) is 11.6 Å². The molecule has 1 heterocycles. The lowest BCUT2D eigenvalue weighted by Crippen LogP contribution is -2.13. The van der Waals surface area contributed by atoms with Gasteiger partial charge < -0.3 is 9.15 Å². The van der Waals surface area contributed by atoms with Crippen molar-refractivity contribution in [3.8, 4) is 0 Å². The van der Waals surface area contributed by atoms with Gasteiger partial charge in [-0.25, -0.2) is 18.4 Å². The number of carbonyl (C=O) groups excluding carboxylic acids is 1. The SMILES string of the molecule is CCOC(=O)Nc1ccc2c(CSc3ccc(F)c(F)c3)cc(=O)oc2c1. The number of amides is 1. The number of ether oxygens (including phenoxy) is 1. The van der Waals surface area contributed by atoms with Gasteiger partial charge in [0, 0.05) is 33.9 Å². The lowest BCUT2D eigenvalue weighted by Gasteiger charge is -2.09. The van der Waals surface area contributed by atoms with E-state index in [9.17, 15) is 18.4 Å². The van der Waals surface area contributed by atoms with Gasteiger partial charge in [-0.1, -0.05) is 0 Å². The molecule has 140 valence electrons. The van der Waals surface area contributed by atoms with E-state index in [1.807, 2.05) is 0 Å². The highest BCUT2D eigenvalue weighted by Gasteiger charge is 2.10. The molecule has 0 atom stereocenters. The van der Waals surface area contributed by atoms with E-state index in [1.165, 1.54) is 30.0 Å². The number of carbonyl (C=O) groups is 1. The van der Waals surface area contributed by atoms with Crippen LogP contribution in [-0.4, -0.2) is 12.7 Å². The standard InChI is InChI=1S/C19H15F2NO4S/c1-2-25-19(24)22-12-3-5-14-11(7-18(23)26-17(14)8-12)10-27-13-4-6-15(20)16(21)9-13/h3-9H,2,10H2,1H3,(H,22,24). The number of fused-ring (bicyclic) bond motifs is 1. The van der Waals surface area contributed by atoms with Crippen LogP contribution in [0.15, 0.2) is 56.6 Å². The molecule has 3 aromatic rings. The molecule has 0 radical (unpaired) electrons. The topological polar surface area (TPSA) is 68.5 Å². The van der Waals surface area contributed by atoms with Crippen LogP contribution in [0.25, 0.3) is 11.0 Å². The number of nitrogens with one attached hydrogen (secondary N) is 1. The third-order valence-electron chi connectivity index (χ3n) is 3.64. The summed E-state index contributed by atoms with van der Waals surface area (Å²) in [5, 5.41) is 3.22. The van der Waals surface area contributed by atoms with Crippen molar-refractivity contribution in [2.75, 3.05) is 11.9 Å². The predicted octanol–water partition coefficient (Wildman–Crippen LogP) is 4.93. The predicted molar refractivity (Wildman–Crippen MR) is 99.0 cm³/mol. The number of rotatable bonds is 5. The molecule has 0 fully saturated rings. The molecule has 5 nitrogen and oxygen atoms in total. The highest BCUT2D eigenvalue weighted by Crippen LogP contribution is 2.28. The number of anilines is 1. The van der Waals surface area contributed by atoms with Gasteiger partial charge in [0.2, 0.25) is 0 Å². The first-order valence-electron chi connectivity index (χ1n) is 8.04. The lowest BCUT2D eigenvalue weighted by atomic mass is 10.1. The normalized spacial score (nSPS) is 10.8. The molecule has 0 saturated heterocycles. The molecular formula is C19H15F2NO4S. The summed E-state index contributed by atoms with van der Waals surface area (Å²) in [6.07, 6.45) is -0.607. The zero-order valence-electron chi connectivity index (χ0n) is 14.3. The van der Waals surface area contributed by atoms with Crippen molar-refractivity contribution in [1.29, 1.82) is 0 Å². The van der Waals surface area contributed by atoms with Gasteiger partial charge in [-0.3, -0.25) is 5.32 Å². The molecular weight excluding hydrogens is 376 g/mol. The quantitative estimate of drug-likeness (QED) is 0.493. The van der Waals surface area contributed by atoms with Gasteiger partial charge in [0.05, 0.1) is 6.61 Å². The average molecular weight is 391 g/mol. The highest BCUT2D eigenvalue weighted by atomic mass is 32.2. The van der Waals surface area contributed by atoms with Crippen molar-refractivity contribution in [1.82, 2.24) is 0 Å². The summed E-state index contributed by atoms with van der Waals surface area (Å²) in [4.78, 5) is 23.9. The Morgan fingerprint density at radius 1 is 1.15 bits per heavy atom. The second-order valence-electron chi connectivity index (χ2n) is 5.51. The molecule has 27 heavy (non-hydrogen) atoms. The largest absolute Gasteiger partial charge is 0.450 e. The minimum absolute atomic E-state index is 0.236. The van der Waals surface area contributed by atoms with E-state index in [-0.39, 0.29) is 6.61 Å². The van der Waals surface area contributed by atoms with E-state index in [2.05, 4.69) is 5.32 Å². The van der Waals surface area contributed by atoms with E-state index in [4.69, 9.17) is 9.15 Å². The minimum Gasteiger partial charge on any atom is -0.450 e. The first-order chi connectivity index (χ1) is 13.0. The fraction of sp³-hybridized carbons (Fsp3) is 0.158. The monoisotopic (exact) mass is 391 g/mol. The first-order valence-corrected chi connectivity index (χ1v) is 9.03. The molecule has 2 aromatic carbocycles. The summed E-state index contributed by atoms with van der Waals surface area (Å²) in [5.41, 5.74) is 0.863. The van der Waals surface area contributed by atoms with E-state index < -0.39 is 23.4 Å². The van der Waals surface area contributed by atoms with Crippen molar-refractivity contribution in [3.05, 3.63) is 70.1 Å². The molecule has 0 saturated carbocycles. The molecule has 0 spiro atoms. The van der Waals surface area contributed by atoms with Crippen molar-refractivity contribution >= 4 is 34.5 Å². The van der Waals surface area contributed by atoms with Crippen LogP contribution in [0.2, 0.25) is 0 Å². The average Bonchev–Trinajstić information content (AvgIpc) is 2.62. The van der Waals surface area contributed by atoms with Crippen molar-refractivity contribution in [3.63, 3.8) is 0 Å². The van der Waals surface area contributed by atoms with Gasteiger partial charge in [-0.15, -0.1) is 11.8 Å². The van der Waals surface area contributed by atoms with E-state index in [0.717, 1.165) is 12.1 Å². The van der Waals surface area contributed by atoms with Crippen LogP contribution in [0.1, 0.15) is 12.5 Å². The minimum atomic E-state index is -0.924. The Morgan fingerprint density at radius 3 is 2.70 bits per heavy atom. The maximum absolute atomic E-state index is 13.3. The molecule has 0 aliphatic carbocycles. The molecule has 0 unspecified atom stereocenters. The van der Waals surface area contributed by atoms with Gasteiger partial charge >= 0.3 is 11.7 Å². The van der Waals surface area contributed by atoms with Crippen LogP contribution in [0.5, 0.6) is 0 Å². The van der Waals surface area contributed by atoms with E-state index in [0.29, 0.717) is 32.9 Å². The highest BCUT2D eigenvalue weighted by molar-refractivity contribution is 7.98. The zero-order chi connectivity index (χ0) is 19.4. The molecule has 0 bridgehead atoms. The number of hydrogen-bond acceptors (Lipinski definition) is 5. The Kier molecular flexibility index (Phi) is 5.75. The van der Waals surface area contributed by atoms with Crippen LogP contribution in [0.4, 0.5) is 19.3 Å². The Balaban J connectivity index is 1.85. The molecule has 1 N–H and O–H groups in total. The zero-order valence-corrected chi connectivity index (χ0v) is 15.1. The molecule has 1 amide bonds. The second-order valence-corrected chi connectivity index (χ2v) is 6.56. The smallest absolute Gasteiger partial charge is 0.411 e. The van der Waals surface area contributed by atoms with Gasteiger partial charge in [0.1, 0.15) is 5.58 Å². The van der Waals surface area contributed by atoms with E-state index in [1.54, 1.807) is 19.1 Å². The fourth-order valence-electron chi connectivity index (χ4n) is 2.44. The van der Waals surface area contributed by atoms with Crippen LogP contribution in [0, 0.1) is 11.6 Å². The Bertz CT molecular complexity index is 1050. The van der Waals surface area contributed by atoms with Crippen molar-refractivity contribution < 1.29 is 22.7 Å². The third-order valence-corrected chi connectivity index (χ3v) is 4.68. The Hall–Kier alpha value is -2.87. The molecule has 0 aliphatic heterocycles. The van der Waals surface area contributed by atoms with Crippen molar-refractivity contribution in [2.45, 2.75) is 17.6 Å². The number of halogens is 2. The summed E-state index contributed by atoms with van der Waals surface area (Å²) in [6.45, 7) is 1.93. The first kappa shape index (κ1) is 18.9. The molecule has 3 rings (SSSR count). The number of benzene rings is 2. The Morgan fingerprint density at radius 2 is 1.96 bits per heavy atom. The lowest BCUT2D eigenvalue weighted by molar-refractivity contribution is 0.168. The van der Waals surface area contributed by atoms with Crippen molar-refractivity contribution in [2.24, 2.45) is 0 Å². The van der Waals surface area contributed by atoms with Gasteiger partial charge in [0.25, 0.3) is 0 Å². The van der Waals surface area contributed by atoms with Gasteiger partial charge in [-0.2, -0.15) is 0 Å². The molecule has 1 aromatic heterocycles. The maximum Gasteiger partial charge on any atom is 0.411 e.